The van der Waals surface area contributed by atoms with Crippen molar-refractivity contribution in [3.05, 3.63) is 54.1 Å². The molecule has 0 unspecified atom stereocenters. The summed E-state index contributed by atoms with van der Waals surface area (Å²) in [5, 5.41) is 0. The maximum atomic E-state index is 12.6. The Morgan fingerprint density at radius 3 is 2.21 bits per heavy atom. The molecule has 0 aromatic heterocycles. The zero-order valence-corrected chi connectivity index (χ0v) is 10.4. The highest BCUT2D eigenvalue weighted by molar-refractivity contribution is 5.65. The fourth-order valence-electron chi connectivity index (χ4n) is 1.79. The molecule has 0 fully saturated rings. The summed E-state index contributed by atoms with van der Waals surface area (Å²) in [7, 11) is 0. The average Bonchev–Trinajstić information content (AvgIpc) is 2.39. The van der Waals surface area contributed by atoms with Crippen LogP contribution in [0.1, 0.15) is 12.5 Å². The molecule has 0 bridgehead atoms. The second-order valence-corrected chi connectivity index (χ2v) is 4.04. The molecule has 0 saturated carbocycles. The molecule has 2 aromatic rings. The van der Waals surface area contributed by atoms with Crippen LogP contribution in [-0.4, -0.2) is 6.61 Å². The predicted molar refractivity (Wildman–Crippen MR) is 68.0 cm³/mol. The Balaban J connectivity index is 2.31. The van der Waals surface area contributed by atoms with Gasteiger partial charge in [0.15, 0.2) is 0 Å². The lowest BCUT2D eigenvalue weighted by molar-refractivity contribution is -0.137. The Labute approximate surface area is 109 Å². The maximum absolute atomic E-state index is 12.6. The molecule has 1 nitrogen and oxygen atoms in total. The summed E-state index contributed by atoms with van der Waals surface area (Å²) in [6.45, 7) is 2.43. The number of ether oxygens (including phenoxy) is 1. The van der Waals surface area contributed by atoms with Crippen molar-refractivity contribution in [3.8, 4) is 16.9 Å². The summed E-state index contributed by atoms with van der Waals surface area (Å²) < 4.78 is 43.2. The molecular formula is C15H13F3O. The molecule has 2 aromatic carbocycles. The van der Waals surface area contributed by atoms with E-state index < -0.39 is 11.7 Å². The summed E-state index contributed by atoms with van der Waals surface area (Å²) in [4.78, 5) is 0. The van der Waals surface area contributed by atoms with E-state index in [9.17, 15) is 13.2 Å². The number of alkyl halides is 3. The lowest BCUT2D eigenvalue weighted by Gasteiger charge is -2.09. The Morgan fingerprint density at radius 1 is 0.947 bits per heavy atom. The normalized spacial score (nSPS) is 11.4. The van der Waals surface area contributed by atoms with Crippen LogP contribution >= 0.6 is 0 Å². The first-order valence-electron chi connectivity index (χ1n) is 5.91. The van der Waals surface area contributed by atoms with Gasteiger partial charge in [-0.15, -0.1) is 0 Å². The average molecular weight is 266 g/mol. The van der Waals surface area contributed by atoms with E-state index in [1.54, 1.807) is 30.3 Å². The summed E-state index contributed by atoms with van der Waals surface area (Å²) >= 11 is 0. The second-order valence-electron chi connectivity index (χ2n) is 4.04. The van der Waals surface area contributed by atoms with E-state index in [1.165, 1.54) is 6.07 Å². The van der Waals surface area contributed by atoms with Crippen molar-refractivity contribution in [2.75, 3.05) is 6.61 Å². The SMILES string of the molecule is CCOc1ccc(-c2cccc(C(F)(F)F)c2)cc1. The number of halogens is 3. The van der Waals surface area contributed by atoms with Gasteiger partial charge in [0.25, 0.3) is 0 Å². The van der Waals surface area contributed by atoms with Gasteiger partial charge >= 0.3 is 6.18 Å². The van der Waals surface area contributed by atoms with Crippen molar-refractivity contribution in [3.63, 3.8) is 0 Å². The van der Waals surface area contributed by atoms with Crippen LogP contribution in [0.2, 0.25) is 0 Å². The molecule has 0 radical (unpaired) electrons. The van der Waals surface area contributed by atoms with Crippen LogP contribution in [0.5, 0.6) is 5.75 Å². The van der Waals surface area contributed by atoms with Gasteiger partial charge in [0, 0.05) is 0 Å². The second kappa shape index (κ2) is 5.34. The number of hydrogen-bond acceptors (Lipinski definition) is 1. The Bertz CT molecular complexity index is 544. The molecule has 0 heterocycles. The van der Waals surface area contributed by atoms with Crippen LogP contribution in [0.4, 0.5) is 13.2 Å². The minimum absolute atomic E-state index is 0.540. The van der Waals surface area contributed by atoms with E-state index >= 15 is 0 Å². The lowest BCUT2D eigenvalue weighted by atomic mass is 10.0. The van der Waals surface area contributed by atoms with E-state index in [0.717, 1.165) is 17.7 Å². The quantitative estimate of drug-likeness (QED) is 0.777. The van der Waals surface area contributed by atoms with Crippen LogP contribution in [0.3, 0.4) is 0 Å². The first-order valence-corrected chi connectivity index (χ1v) is 5.91. The highest BCUT2D eigenvalue weighted by Gasteiger charge is 2.30. The fraction of sp³-hybridized carbons (Fsp3) is 0.200. The molecule has 100 valence electrons. The van der Waals surface area contributed by atoms with Crippen molar-refractivity contribution in [2.24, 2.45) is 0 Å². The molecule has 0 saturated heterocycles. The van der Waals surface area contributed by atoms with Crippen molar-refractivity contribution in [1.29, 1.82) is 0 Å². The zero-order valence-electron chi connectivity index (χ0n) is 10.4. The van der Waals surface area contributed by atoms with Crippen LogP contribution in [0, 0.1) is 0 Å². The van der Waals surface area contributed by atoms with Gasteiger partial charge in [-0.1, -0.05) is 24.3 Å². The van der Waals surface area contributed by atoms with Gasteiger partial charge in [0.2, 0.25) is 0 Å². The molecule has 2 rings (SSSR count). The Morgan fingerprint density at radius 2 is 1.63 bits per heavy atom. The summed E-state index contributed by atoms with van der Waals surface area (Å²) in [5.41, 5.74) is 0.631. The van der Waals surface area contributed by atoms with Gasteiger partial charge in [-0.25, -0.2) is 0 Å². The third kappa shape index (κ3) is 3.28. The summed E-state index contributed by atoms with van der Waals surface area (Å²) in [5.74, 6) is 0.707. The van der Waals surface area contributed by atoms with Gasteiger partial charge in [0.05, 0.1) is 12.2 Å². The van der Waals surface area contributed by atoms with E-state index in [1.807, 2.05) is 6.92 Å². The van der Waals surface area contributed by atoms with Gasteiger partial charge in [-0.2, -0.15) is 13.2 Å². The Hall–Kier alpha value is -1.97. The molecule has 0 N–H and O–H groups in total. The van der Waals surface area contributed by atoms with Crippen molar-refractivity contribution in [1.82, 2.24) is 0 Å². The van der Waals surface area contributed by atoms with E-state index in [4.69, 9.17) is 4.74 Å². The number of benzene rings is 2. The molecule has 0 aliphatic rings. The van der Waals surface area contributed by atoms with E-state index in [0.29, 0.717) is 17.9 Å². The first kappa shape index (κ1) is 13.5. The topological polar surface area (TPSA) is 9.23 Å². The largest absolute Gasteiger partial charge is 0.494 e. The molecule has 0 aliphatic heterocycles. The smallest absolute Gasteiger partial charge is 0.416 e. The summed E-state index contributed by atoms with van der Waals surface area (Å²) in [6.07, 6.45) is -4.32. The molecule has 4 heteroatoms. The standard InChI is InChI=1S/C15H13F3O/c1-2-19-14-8-6-11(7-9-14)12-4-3-5-13(10-12)15(16,17)18/h3-10H,2H2,1H3. The lowest BCUT2D eigenvalue weighted by Crippen LogP contribution is -2.04. The maximum Gasteiger partial charge on any atom is 0.416 e. The van der Waals surface area contributed by atoms with Crippen LogP contribution in [0.25, 0.3) is 11.1 Å². The molecule has 0 aliphatic carbocycles. The molecular weight excluding hydrogens is 253 g/mol. The van der Waals surface area contributed by atoms with Gasteiger partial charge < -0.3 is 4.74 Å². The van der Waals surface area contributed by atoms with E-state index in [-0.39, 0.29) is 0 Å². The van der Waals surface area contributed by atoms with Crippen LogP contribution < -0.4 is 4.74 Å². The minimum atomic E-state index is -4.32. The Kier molecular flexibility index (Phi) is 3.79. The minimum Gasteiger partial charge on any atom is -0.494 e. The number of hydrogen-bond donors (Lipinski definition) is 0. The fourth-order valence-corrected chi connectivity index (χ4v) is 1.79. The van der Waals surface area contributed by atoms with Gasteiger partial charge in [-0.3, -0.25) is 0 Å². The highest BCUT2D eigenvalue weighted by atomic mass is 19.4. The molecule has 19 heavy (non-hydrogen) atoms. The van der Waals surface area contributed by atoms with Gasteiger partial charge in [0.1, 0.15) is 5.75 Å². The molecule has 0 atom stereocenters. The van der Waals surface area contributed by atoms with Crippen LogP contribution in [0.15, 0.2) is 48.5 Å². The highest BCUT2D eigenvalue weighted by Crippen LogP contribution is 2.32. The van der Waals surface area contributed by atoms with E-state index in [2.05, 4.69) is 0 Å². The molecule has 0 spiro atoms. The third-order valence-electron chi connectivity index (χ3n) is 2.69. The zero-order chi connectivity index (χ0) is 13.9. The first-order chi connectivity index (χ1) is 9.00. The van der Waals surface area contributed by atoms with Gasteiger partial charge in [-0.05, 0) is 42.3 Å². The monoisotopic (exact) mass is 266 g/mol. The number of rotatable bonds is 3. The van der Waals surface area contributed by atoms with Crippen molar-refractivity contribution < 1.29 is 17.9 Å². The third-order valence-corrected chi connectivity index (χ3v) is 2.69. The predicted octanol–water partition coefficient (Wildman–Crippen LogP) is 4.77. The molecule has 0 amide bonds. The summed E-state index contributed by atoms with van der Waals surface area (Å²) in [6, 6.07) is 12.3. The van der Waals surface area contributed by atoms with Crippen molar-refractivity contribution >= 4 is 0 Å². The van der Waals surface area contributed by atoms with Crippen LogP contribution in [-0.2, 0) is 6.18 Å². The van der Waals surface area contributed by atoms with Crippen molar-refractivity contribution in [2.45, 2.75) is 13.1 Å².